The van der Waals surface area contributed by atoms with Gasteiger partial charge in [0.15, 0.2) is 0 Å². The van der Waals surface area contributed by atoms with E-state index in [9.17, 15) is 0 Å². The molecule has 2 aliphatic rings. The normalized spacial score (nSPS) is 26.4. The maximum atomic E-state index is 4.49. The second kappa shape index (κ2) is 6.32. The highest BCUT2D eigenvalue weighted by Gasteiger charge is 2.34. The van der Waals surface area contributed by atoms with Crippen LogP contribution in [0.4, 0.5) is 5.69 Å². The van der Waals surface area contributed by atoms with Crippen molar-refractivity contribution in [3.63, 3.8) is 0 Å². The first kappa shape index (κ1) is 14.8. The first-order valence-corrected chi connectivity index (χ1v) is 8.28. The maximum absolute atomic E-state index is 4.49. The Balaban J connectivity index is 1.70. The number of nitrogens with one attached hydrogen (secondary N) is 1. The molecule has 2 atom stereocenters. The summed E-state index contributed by atoms with van der Waals surface area (Å²) in [6, 6.07) is 6.44. The largest absolute Gasteiger partial charge is 0.370 e. The van der Waals surface area contributed by atoms with Crippen LogP contribution in [0, 0.1) is 0 Å². The van der Waals surface area contributed by atoms with E-state index in [0.29, 0.717) is 6.04 Å². The van der Waals surface area contributed by atoms with Gasteiger partial charge in [0.05, 0.1) is 5.69 Å². The summed E-state index contributed by atoms with van der Waals surface area (Å²) in [5.41, 5.74) is 2.48. The molecule has 3 rings (SSSR count). The molecule has 2 aliphatic heterocycles. The van der Waals surface area contributed by atoms with Crippen LogP contribution in [0.1, 0.15) is 38.8 Å². The molecule has 0 radical (unpaired) electrons. The minimum atomic E-state index is 0.498. The standard InChI is InChI=1S/C17H28N4/c1-13(2)19-11-14-10-16(6-8-18-14)21-9-7-15-4-5-17(12-21)20(15)3/h6,8,10,13,15,17,19H,4-5,7,9,11-12H2,1-3H3. The van der Waals surface area contributed by atoms with E-state index in [4.69, 9.17) is 0 Å². The monoisotopic (exact) mass is 288 g/mol. The van der Waals surface area contributed by atoms with Gasteiger partial charge in [0, 0.05) is 49.6 Å². The van der Waals surface area contributed by atoms with Gasteiger partial charge in [-0.3, -0.25) is 9.88 Å². The molecular weight excluding hydrogens is 260 g/mol. The van der Waals surface area contributed by atoms with Crippen molar-refractivity contribution >= 4 is 5.69 Å². The molecule has 1 N–H and O–H groups in total. The SMILES string of the molecule is CC(C)NCc1cc(N2CCC3CCC(C2)N3C)ccn1. The molecule has 2 unspecified atom stereocenters. The average Bonchev–Trinajstić information content (AvgIpc) is 2.70. The fourth-order valence-corrected chi connectivity index (χ4v) is 3.61. The predicted molar refractivity (Wildman–Crippen MR) is 87.6 cm³/mol. The number of likely N-dealkylation sites (N-methyl/N-ethyl adjacent to an activating group) is 1. The molecule has 2 saturated heterocycles. The summed E-state index contributed by atoms with van der Waals surface area (Å²) in [5, 5.41) is 3.45. The van der Waals surface area contributed by atoms with Crippen molar-refractivity contribution in [2.75, 3.05) is 25.0 Å². The molecule has 116 valence electrons. The molecule has 0 aliphatic carbocycles. The van der Waals surface area contributed by atoms with Crippen LogP contribution in [-0.2, 0) is 6.54 Å². The van der Waals surface area contributed by atoms with Gasteiger partial charge in [0.2, 0.25) is 0 Å². The van der Waals surface area contributed by atoms with Crippen LogP contribution in [0.5, 0.6) is 0 Å². The van der Waals surface area contributed by atoms with Gasteiger partial charge in [-0.15, -0.1) is 0 Å². The molecule has 0 spiro atoms. The van der Waals surface area contributed by atoms with Crippen molar-refractivity contribution in [1.82, 2.24) is 15.2 Å². The van der Waals surface area contributed by atoms with Gasteiger partial charge in [-0.1, -0.05) is 13.8 Å². The highest BCUT2D eigenvalue weighted by molar-refractivity contribution is 5.47. The Morgan fingerprint density at radius 2 is 2.10 bits per heavy atom. The zero-order valence-electron chi connectivity index (χ0n) is 13.5. The summed E-state index contributed by atoms with van der Waals surface area (Å²) in [4.78, 5) is 9.65. The molecule has 3 heterocycles. The number of hydrogen-bond acceptors (Lipinski definition) is 4. The van der Waals surface area contributed by atoms with Crippen molar-refractivity contribution in [3.8, 4) is 0 Å². The quantitative estimate of drug-likeness (QED) is 0.921. The van der Waals surface area contributed by atoms with Crippen LogP contribution in [0.25, 0.3) is 0 Å². The van der Waals surface area contributed by atoms with E-state index < -0.39 is 0 Å². The number of fused-ring (bicyclic) bond motifs is 2. The van der Waals surface area contributed by atoms with Gasteiger partial charge in [-0.05, 0) is 38.4 Å². The van der Waals surface area contributed by atoms with Crippen molar-refractivity contribution in [3.05, 3.63) is 24.0 Å². The van der Waals surface area contributed by atoms with Crippen LogP contribution in [0.3, 0.4) is 0 Å². The molecule has 0 amide bonds. The number of hydrogen-bond donors (Lipinski definition) is 1. The molecule has 21 heavy (non-hydrogen) atoms. The second-order valence-corrected chi connectivity index (χ2v) is 6.83. The first-order valence-electron chi connectivity index (χ1n) is 8.28. The Bertz CT molecular complexity index is 474. The minimum Gasteiger partial charge on any atom is -0.370 e. The number of pyridine rings is 1. The smallest absolute Gasteiger partial charge is 0.0562 e. The van der Waals surface area contributed by atoms with Crippen LogP contribution < -0.4 is 10.2 Å². The van der Waals surface area contributed by atoms with Crippen LogP contribution in [0.15, 0.2) is 18.3 Å². The fraction of sp³-hybridized carbons (Fsp3) is 0.706. The van der Waals surface area contributed by atoms with Crippen LogP contribution in [-0.4, -0.2) is 48.1 Å². The molecule has 0 saturated carbocycles. The topological polar surface area (TPSA) is 31.4 Å². The summed E-state index contributed by atoms with van der Waals surface area (Å²) in [5.74, 6) is 0. The van der Waals surface area contributed by atoms with Gasteiger partial charge in [-0.2, -0.15) is 0 Å². The lowest BCUT2D eigenvalue weighted by atomic mass is 10.1. The van der Waals surface area contributed by atoms with E-state index in [-0.39, 0.29) is 0 Å². The molecule has 0 aromatic carbocycles. The van der Waals surface area contributed by atoms with Crippen LogP contribution >= 0.6 is 0 Å². The van der Waals surface area contributed by atoms with Gasteiger partial charge in [-0.25, -0.2) is 0 Å². The van der Waals surface area contributed by atoms with E-state index >= 15 is 0 Å². The zero-order chi connectivity index (χ0) is 14.8. The Hall–Kier alpha value is -1.13. The highest BCUT2D eigenvalue weighted by Crippen LogP contribution is 2.30. The van der Waals surface area contributed by atoms with Crippen molar-refractivity contribution in [2.24, 2.45) is 0 Å². The molecule has 1 aromatic heterocycles. The molecule has 2 bridgehead atoms. The predicted octanol–water partition coefficient (Wildman–Crippen LogP) is 2.25. The van der Waals surface area contributed by atoms with E-state index in [1.165, 1.54) is 31.5 Å². The lowest BCUT2D eigenvalue weighted by molar-refractivity contribution is 0.254. The van der Waals surface area contributed by atoms with E-state index in [1.807, 2.05) is 6.20 Å². The molecule has 1 aromatic rings. The Labute approximate surface area is 128 Å². The van der Waals surface area contributed by atoms with E-state index in [2.05, 4.69) is 53.1 Å². The highest BCUT2D eigenvalue weighted by atomic mass is 15.3. The van der Waals surface area contributed by atoms with Crippen molar-refractivity contribution < 1.29 is 0 Å². The zero-order valence-corrected chi connectivity index (χ0v) is 13.5. The van der Waals surface area contributed by atoms with Crippen molar-refractivity contribution in [2.45, 2.75) is 57.8 Å². The Morgan fingerprint density at radius 3 is 2.90 bits per heavy atom. The van der Waals surface area contributed by atoms with Gasteiger partial charge in [0.1, 0.15) is 0 Å². The third kappa shape index (κ3) is 3.38. The Morgan fingerprint density at radius 1 is 1.29 bits per heavy atom. The first-order chi connectivity index (χ1) is 10.1. The molecule has 2 fully saturated rings. The summed E-state index contributed by atoms with van der Waals surface area (Å²) >= 11 is 0. The Kier molecular flexibility index (Phi) is 4.45. The van der Waals surface area contributed by atoms with Gasteiger partial charge < -0.3 is 10.2 Å². The fourth-order valence-electron chi connectivity index (χ4n) is 3.61. The van der Waals surface area contributed by atoms with E-state index in [1.54, 1.807) is 0 Å². The average molecular weight is 288 g/mol. The number of anilines is 1. The number of nitrogens with zero attached hydrogens (tertiary/aromatic N) is 3. The lowest BCUT2D eigenvalue weighted by Crippen LogP contribution is -2.36. The number of rotatable bonds is 4. The maximum Gasteiger partial charge on any atom is 0.0562 e. The third-order valence-corrected chi connectivity index (χ3v) is 5.01. The summed E-state index contributed by atoms with van der Waals surface area (Å²) in [6.07, 6.45) is 5.98. The summed E-state index contributed by atoms with van der Waals surface area (Å²) in [6.45, 7) is 7.53. The molecule has 4 heteroatoms. The van der Waals surface area contributed by atoms with Crippen LogP contribution in [0.2, 0.25) is 0 Å². The van der Waals surface area contributed by atoms with Crippen molar-refractivity contribution in [1.29, 1.82) is 0 Å². The van der Waals surface area contributed by atoms with Gasteiger partial charge >= 0.3 is 0 Å². The number of aromatic nitrogens is 1. The molecule has 4 nitrogen and oxygen atoms in total. The van der Waals surface area contributed by atoms with Gasteiger partial charge in [0.25, 0.3) is 0 Å². The lowest BCUT2D eigenvalue weighted by Gasteiger charge is -2.27. The molecular formula is C17H28N4. The third-order valence-electron chi connectivity index (χ3n) is 5.01. The van der Waals surface area contributed by atoms with E-state index in [0.717, 1.165) is 30.9 Å². The second-order valence-electron chi connectivity index (χ2n) is 6.83. The summed E-state index contributed by atoms with van der Waals surface area (Å²) < 4.78 is 0. The summed E-state index contributed by atoms with van der Waals surface area (Å²) in [7, 11) is 2.30. The minimum absolute atomic E-state index is 0.498.